The molecule has 3 aromatic rings. The molecule has 150 valence electrons. The third-order valence-electron chi connectivity index (χ3n) is 5.58. The lowest BCUT2D eigenvalue weighted by Gasteiger charge is -2.13. The molecule has 0 radical (unpaired) electrons. The number of fused-ring (bicyclic) bond motifs is 1. The zero-order valence-electron chi connectivity index (χ0n) is 16.6. The predicted octanol–water partition coefficient (Wildman–Crippen LogP) is 3.95. The number of aryl methyl sites for hydroxylation is 1. The number of rotatable bonds is 6. The first-order valence-corrected chi connectivity index (χ1v) is 10.2. The number of hydrogen-bond acceptors (Lipinski definition) is 4. The molecule has 6 nitrogen and oxygen atoms in total. The van der Waals surface area contributed by atoms with E-state index >= 15 is 0 Å². The van der Waals surface area contributed by atoms with Gasteiger partial charge in [-0.25, -0.2) is 4.68 Å². The SMILES string of the molecule is Cc1nn(CC(=O)Nc2ccc(NCC3CCCC3)cc2)c(=O)c2ccccc12. The molecule has 0 atom stereocenters. The average molecular weight is 390 g/mol. The van der Waals surface area contributed by atoms with Crippen molar-refractivity contribution in [3.8, 4) is 0 Å². The van der Waals surface area contributed by atoms with E-state index in [2.05, 4.69) is 15.7 Å². The van der Waals surface area contributed by atoms with E-state index in [1.165, 1.54) is 30.4 Å². The summed E-state index contributed by atoms with van der Waals surface area (Å²) in [4.78, 5) is 25.0. The van der Waals surface area contributed by atoms with Crippen LogP contribution in [0.4, 0.5) is 11.4 Å². The Labute approximate surface area is 169 Å². The summed E-state index contributed by atoms with van der Waals surface area (Å²) in [7, 11) is 0. The summed E-state index contributed by atoms with van der Waals surface area (Å²) in [5.41, 5.74) is 2.23. The zero-order chi connectivity index (χ0) is 20.2. The van der Waals surface area contributed by atoms with Gasteiger partial charge in [-0.1, -0.05) is 31.0 Å². The molecule has 1 aliphatic rings. The quantitative estimate of drug-likeness (QED) is 0.668. The van der Waals surface area contributed by atoms with Crippen molar-refractivity contribution in [2.45, 2.75) is 39.2 Å². The first-order valence-electron chi connectivity index (χ1n) is 10.2. The molecule has 1 fully saturated rings. The fourth-order valence-corrected chi connectivity index (χ4v) is 4.00. The number of nitrogens with zero attached hydrogens (tertiary/aromatic N) is 2. The maximum Gasteiger partial charge on any atom is 0.275 e. The van der Waals surface area contributed by atoms with E-state index in [1.54, 1.807) is 6.07 Å². The number of amides is 1. The summed E-state index contributed by atoms with van der Waals surface area (Å²) in [5.74, 6) is 0.492. The molecule has 2 N–H and O–H groups in total. The minimum atomic E-state index is -0.277. The van der Waals surface area contributed by atoms with Crippen LogP contribution < -0.4 is 16.2 Å². The summed E-state index contributed by atoms with van der Waals surface area (Å²) in [5, 5.41) is 12.0. The Morgan fingerprint density at radius 3 is 2.41 bits per heavy atom. The van der Waals surface area contributed by atoms with Gasteiger partial charge in [0.25, 0.3) is 5.56 Å². The van der Waals surface area contributed by atoms with Crippen LogP contribution in [-0.4, -0.2) is 22.2 Å². The van der Waals surface area contributed by atoms with Crippen LogP contribution in [0.15, 0.2) is 53.3 Å². The Balaban J connectivity index is 1.39. The van der Waals surface area contributed by atoms with Gasteiger partial charge >= 0.3 is 0 Å². The second-order valence-electron chi connectivity index (χ2n) is 7.75. The molecule has 1 amide bonds. The van der Waals surface area contributed by atoms with Crippen molar-refractivity contribution in [2.24, 2.45) is 5.92 Å². The zero-order valence-corrected chi connectivity index (χ0v) is 16.6. The second-order valence-corrected chi connectivity index (χ2v) is 7.75. The van der Waals surface area contributed by atoms with Gasteiger partial charge in [0.1, 0.15) is 6.54 Å². The predicted molar refractivity (Wildman–Crippen MR) is 116 cm³/mol. The number of benzene rings is 2. The monoisotopic (exact) mass is 390 g/mol. The van der Waals surface area contributed by atoms with E-state index in [4.69, 9.17) is 0 Å². The van der Waals surface area contributed by atoms with Crippen molar-refractivity contribution in [1.82, 2.24) is 9.78 Å². The van der Waals surface area contributed by atoms with E-state index in [-0.39, 0.29) is 18.0 Å². The Kier molecular flexibility index (Phi) is 5.60. The summed E-state index contributed by atoms with van der Waals surface area (Å²) < 4.78 is 1.23. The smallest absolute Gasteiger partial charge is 0.275 e. The summed E-state index contributed by atoms with van der Waals surface area (Å²) >= 11 is 0. The van der Waals surface area contributed by atoms with Crippen LogP contribution in [0.2, 0.25) is 0 Å². The molecule has 1 aromatic heterocycles. The first kappa shape index (κ1) is 19.2. The molecule has 0 aliphatic heterocycles. The Bertz CT molecular complexity index is 1070. The summed E-state index contributed by atoms with van der Waals surface area (Å²) in [6.45, 7) is 2.72. The fourth-order valence-electron chi connectivity index (χ4n) is 4.00. The highest BCUT2D eigenvalue weighted by molar-refractivity contribution is 5.91. The van der Waals surface area contributed by atoms with Crippen LogP contribution >= 0.6 is 0 Å². The number of aromatic nitrogens is 2. The number of carbonyl (C=O) groups is 1. The molecule has 1 aliphatic carbocycles. The Morgan fingerprint density at radius 2 is 1.69 bits per heavy atom. The lowest BCUT2D eigenvalue weighted by Crippen LogP contribution is -2.30. The molecule has 2 aromatic carbocycles. The van der Waals surface area contributed by atoms with E-state index in [1.807, 2.05) is 49.4 Å². The largest absolute Gasteiger partial charge is 0.385 e. The molecule has 0 bridgehead atoms. The van der Waals surface area contributed by atoms with Gasteiger partial charge in [-0.05, 0) is 56.0 Å². The topological polar surface area (TPSA) is 76.0 Å². The van der Waals surface area contributed by atoms with Crippen molar-refractivity contribution >= 4 is 28.1 Å². The standard InChI is InChI=1S/C23H26N4O2/c1-16-20-8-4-5-9-21(20)23(29)27(26-16)15-22(28)25-19-12-10-18(11-13-19)24-14-17-6-2-3-7-17/h4-5,8-13,17,24H,2-3,6-7,14-15H2,1H3,(H,25,28). The third-order valence-corrected chi connectivity index (χ3v) is 5.58. The lowest BCUT2D eigenvalue weighted by atomic mass is 10.1. The van der Waals surface area contributed by atoms with Crippen molar-refractivity contribution < 1.29 is 4.79 Å². The van der Waals surface area contributed by atoms with Gasteiger partial charge in [-0.3, -0.25) is 9.59 Å². The highest BCUT2D eigenvalue weighted by Crippen LogP contribution is 2.25. The van der Waals surface area contributed by atoms with E-state index < -0.39 is 0 Å². The van der Waals surface area contributed by atoms with Gasteiger partial charge in [-0.15, -0.1) is 0 Å². The van der Waals surface area contributed by atoms with Crippen LogP contribution in [0.3, 0.4) is 0 Å². The van der Waals surface area contributed by atoms with Crippen LogP contribution in [0, 0.1) is 12.8 Å². The Morgan fingerprint density at radius 1 is 1.03 bits per heavy atom. The van der Waals surface area contributed by atoms with Gasteiger partial charge in [0.05, 0.1) is 11.1 Å². The molecular formula is C23H26N4O2. The molecule has 29 heavy (non-hydrogen) atoms. The van der Waals surface area contributed by atoms with Gasteiger partial charge in [0.2, 0.25) is 5.91 Å². The van der Waals surface area contributed by atoms with Gasteiger partial charge in [0, 0.05) is 23.3 Å². The van der Waals surface area contributed by atoms with E-state index in [9.17, 15) is 9.59 Å². The van der Waals surface area contributed by atoms with Crippen molar-refractivity contribution in [1.29, 1.82) is 0 Å². The van der Waals surface area contributed by atoms with Crippen LogP contribution in [0.25, 0.3) is 10.8 Å². The molecule has 0 unspecified atom stereocenters. The maximum atomic E-state index is 12.6. The molecule has 4 rings (SSSR count). The molecule has 1 saturated carbocycles. The Hall–Kier alpha value is -3.15. The van der Waals surface area contributed by atoms with Crippen LogP contribution in [-0.2, 0) is 11.3 Å². The number of nitrogens with one attached hydrogen (secondary N) is 2. The van der Waals surface area contributed by atoms with Crippen LogP contribution in [0.1, 0.15) is 31.4 Å². The molecule has 0 spiro atoms. The minimum Gasteiger partial charge on any atom is -0.385 e. The molecule has 0 saturated heterocycles. The number of hydrogen-bond donors (Lipinski definition) is 2. The molecule has 6 heteroatoms. The van der Waals surface area contributed by atoms with Crippen molar-refractivity contribution in [2.75, 3.05) is 17.2 Å². The minimum absolute atomic E-state index is 0.119. The highest BCUT2D eigenvalue weighted by Gasteiger charge is 2.14. The van der Waals surface area contributed by atoms with Crippen LogP contribution in [0.5, 0.6) is 0 Å². The van der Waals surface area contributed by atoms with Crippen molar-refractivity contribution in [3.63, 3.8) is 0 Å². The fraction of sp³-hybridized carbons (Fsp3) is 0.348. The van der Waals surface area contributed by atoms with Gasteiger partial charge in [0.15, 0.2) is 0 Å². The van der Waals surface area contributed by atoms with E-state index in [0.29, 0.717) is 11.1 Å². The average Bonchev–Trinajstić information content (AvgIpc) is 3.25. The summed E-state index contributed by atoms with van der Waals surface area (Å²) in [6, 6.07) is 15.0. The van der Waals surface area contributed by atoms with Crippen molar-refractivity contribution in [3.05, 3.63) is 64.6 Å². The second kappa shape index (κ2) is 8.47. The molecule has 1 heterocycles. The lowest BCUT2D eigenvalue weighted by molar-refractivity contribution is -0.117. The normalized spacial score (nSPS) is 14.2. The summed E-state index contributed by atoms with van der Waals surface area (Å²) in [6.07, 6.45) is 5.30. The van der Waals surface area contributed by atoms with E-state index in [0.717, 1.165) is 29.2 Å². The number of anilines is 2. The van der Waals surface area contributed by atoms with Gasteiger partial charge in [-0.2, -0.15) is 5.10 Å². The van der Waals surface area contributed by atoms with Gasteiger partial charge < -0.3 is 10.6 Å². The third kappa shape index (κ3) is 4.47. The number of carbonyl (C=O) groups excluding carboxylic acids is 1. The first-order chi connectivity index (χ1) is 14.1. The molecular weight excluding hydrogens is 364 g/mol. The maximum absolute atomic E-state index is 12.6. The highest BCUT2D eigenvalue weighted by atomic mass is 16.2.